The molecule has 0 spiro atoms. The second-order valence-corrected chi connectivity index (χ2v) is 5.24. The van der Waals surface area contributed by atoms with Gasteiger partial charge in [0, 0.05) is 6.07 Å². The van der Waals surface area contributed by atoms with Crippen molar-refractivity contribution in [1.82, 2.24) is 0 Å². The Morgan fingerprint density at radius 2 is 1.36 bits per heavy atom. The van der Waals surface area contributed by atoms with Gasteiger partial charge in [0.25, 0.3) is 11.8 Å². The zero-order valence-corrected chi connectivity index (χ0v) is 12.6. The first-order valence-electron chi connectivity index (χ1n) is 6.35. The van der Waals surface area contributed by atoms with E-state index in [1.165, 1.54) is 0 Å². The molecule has 0 radical (unpaired) electrons. The van der Waals surface area contributed by atoms with Crippen LogP contribution in [0.4, 0.5) is 5.69 Å². The third-order valence-corrected chi connectivity index (χ3v) is 3.83. The van der Waals surface area contributed by atoms with Crippen molar-refractivity contribution in [3.8, 4) is 11.5 Å². The number of halogens is 2. The number of imide groups is 1. The molecule has 2 amide bonds. The summed E-state index contributed by atoms with van der Waals surface area (Å²) in [6.07, 6.45) is 0. The van der Waals surface area contributed by atoms with Crippen LogP contribution in [0.5, 0.6) is 11.5 Å². The third kappa shape index (κ3) is 2.58. The van der Waals surface area contributed by atoms with Crippen molar-refractivity contribution in [2.75, 3.05) is 4.90 Å². The van der Waals surface area contributed by atoms with Gasteiger partial charge in [0.05, 0.1) is 5.69 Å². The lowest BCUT2D eigenvalue weighted by Gasteiger charge is -2.15. The molecule has 4 nitrogen and oxygen atoms in total. The number of anilines is 1. The van der Waals surface area contributed by atoms with Crippen molar-refractivity contribution < 1.29 is 14.3 Å². The first-order chi connectivity index (χ1) is 10.6. The van der Waals surface area contributed by atoms with Crippen LogP contribution in [0.1, 0.15) is 0 Å². The Morgan fingerprint density at radius 3 is 2.00 bits per heavy atom. The van der Waals surface area contributed by atoms with E-state index in [0.29, 0.717) is 17.2 Å². The lowest BCUT2D eigenvalue weighted by atomic mass is 10.2. The van der Waals surface area contributed by atoms with Gasteiger partial charge in [0.2, 0.25) is 0 Å². The first-order valence-corrected chi connectivity index (χ1v) is 7.10. The molecular weight excluding hydrogens is 325 g/mol. The van der Waals surface area contributed by atoms with E-state index in [1.807, 2.05) is 18.2 Å². The summed E-state index contributed by atoms with van der Waals surface area (Å²) < 4.78 is 5.67. The van der Waals surface area contributed by atoms with Crippen LogP contribution in [0.2, 0.25) is 0 Å². The molecule has 0 unspecified atom stereocenters. The highest BCUT2D eigenvalue weighted by atomic mass is 35.5. The Bertz CT molecular complexity index is 763. The standard InChI is InChI=1S/C16H9Cl2NO3/c17-13-14(18)16(21)19(15(13)20)10-5-4-8-12(9-10)22-11-6-2-1-3-7-11/h1-9H. The summed E-state index contributed by atoms with van der Waals surface area (Å²) in [6.45, 7) is 0. The van der Waals surface area contributed by atoms with Crippen LogP contribution >= 0.6 is 23.2 Å². The van der Waals surface area contributed by atoms with E-state index in [-0.39, 0.29) is 10.1 Å². The minimum Gasteiger partial charge on any atom is -0.457 e. The van der Waals surface area contributed by atoms with Gasteiger partial charge in [0.1, 0.15) is 21.6 Å². The predicted octanol–water partition coefficient (Wildman–Crippen LogP) is 4.04. The second kappa shape index (κ2) is 5.83. The van der Waals surface area contributed by atoms with Gasteiger partial charge in [-0.2, -0.15) is 0 Å². The van der Waals surface area contributed by atoms with E-state index in [1.54, 1.807) is 36.4 Å². The molecule has 0 N–H and O–H groups in total. The zero-order valence-electron chi connectivity index (χ0n) is 11.1. The summed E-state index contributed by atoms with van der Waals surface area (Å²) in [6, 6.07) is 15.7. The van der Waals surface area contributed by atoms with Crippen molar-refractivity contribution in [2.24, 2.45) is 0 Å². The summed E-state index contributed by atoms with van der Waals surface area (Å²) >= 11 is 11.5. The molecule has 0 saturated heterocycles. The van der Waals surface area contributed by atoms with Gasteiger partial charge in [-0.25, -0.2) is 4.90 Å². The van der Waals surface area contributed by atoms with E-state index in [4.69, 9.17) is 27.9 Å². The second-order valence-electron chi connectivity index (χ2n) is 4.49. The van der Waals surface area contributed by atoms with Crippen molar-refractivity contribution in [3.05, 3.63) is 64.7 Å². The maximum Gasteiger partial charge on any atom is 0.278 e. The van der Waals surface area contributed by atoms with Gasteiger partial charge in [-0.15, -0.1) is 0 Å². The van der Waals surface area contributed by atoms with E-state index < -0.39 is 11.8 Å². The fourth-order valence-electron chi connectivity index (χ4n) is 2.02. The number of rotatable bonds is 3. The molecule has 1 aliphatic heterocycles. The van der Waals surface area contributed by atoms with E-state index in [9.17, 15) is 9.59 Å². The predicted molar refractivity (Wildman–Crippen MR) is 84.2 cm³/mol. The Hall–Kier alpha value is -2.30. The highest BCUT2D eigenvalue weighted by Gasteiger charge is 2.37. The third-order valence-electron chi connectivity index (χ3n) is 3.03. The first kappa shape index (κ1) is 14.6. The minimum absolute atomic E-state index is 0.277. The van der Waals surface area contributed by atoms with Crippen molar-refractivity contribution in [1.29, 1.82) is 0 Å². The van der Waals surface area contributed by atoms with Crippen LogP contribution in [0, 0.1) is 0 Å². The number of para-hydroxylation sites is 1. The van der Waals surface area contributed by atoms with Crippen LogP contribution in [-0.4, -0.2) is 11.8 Å². The molecule has 22 heavy (non-hydrogen) atoms. The maximum absolute atomic E-state index is 12.0. The summed E-state index contributed by atoms with van der Waals surface area (Å²) in [5.41, 5.74) is 0.345. The lowest BCUT2D eigenvalue weighted by Crippen LogP contribution is -2.30. The van der Waals surface area contributed by atoms with Crippen molar-refractivity contribution in [2.45, 2.75) is 0 Å². The highest BCUT2D eigenvalue weighted by molar-refractivity contribution is 6.62. The van der Waals surface area contributed by atoms with Gasteiger partial charge in [-0.3, -0.25) is 9.59 Å². The van der Waals surface area contributed by atoms with Crippen molar-refractivity contribution >= 4 is 40.7 Å². The number of ether oxygens (including phenoxy) is 1. The Labute approximate surface area is 136 Å². The lowest BCUT2D eigenvalue weighted by molar-refractivity contribution is -0.120. The summed E-state index contributed by atoms with van der Waals surface area (Å²) in [5, 5.41) is -0.554. The molecule has 110 valence electrons. The fourth-order valence-corrected chi connectivity index (χ4v) is 2.35. The molecule has 0 saturated carbocycles. The van der Waals surface area contributed by atoms with E-state index in [2.05, 4.69) is 0 Å². The molecule has 2 aromatic carbocycles. The molecule has 0 fully saturated rings. The summed E-state index contributed by atoms with van der Waals surface area (Å²) in [5.74, 6) is -0.154. The molecule has 3 rings (SSSR count). The van der Waals surface area contributed by atoms with Crippen LogP contribution in [0.15, 0.2) is 64.7 Å². The molecule has 1 heterocycles. The fraction of sp³-hybridized carbons (Fsp3) is 0. The van der Waals surface area contributed by atoms with Gasteiger partial charge >= 0.3 is 0 Å². The number of carbonyl (C=O) groups is 2. The quantitative estimate of drug-likeness (QED) is 0.796. The maximum atomic E-state index is 12.0. The number of nitrogens with zero attached hydrogens (tertiary/aromatic N) is 1. The number of amides is 2. The largest absolute Gasteiger partial charge is 0.457 e. The smallest absolute Gasteiger partial charge is 0.278 e. The van der Waals surface area contributed by atoms with Crippen LogP contribution < -0.4 is 9.64 Å². The molecule has 1 aliphatic rings. The molecule has 0 atom stereocenters. The van der Waals surface area contributed by atoms with Crippen molar-refractivity contribution in [3.63, 3.8) is 0 Å². The summed E-state index contributed by atoms with van der Waals surface area (Å²) in [7, 11) is 0. The number of hydrogen-bond donors (Lipinski definition) is 0. The average molecular weight is 334 g/mol. The molecule has 0 bridgehead atoms. The molecule has 0 aliphatic carbocycles. The normalized spacial score (nSPS) is 14.7. The van der Waals surface area contributed by atoms with Gasteiger partial charge < -0.3 is 4.74 Å². The van der Waals surface area contributed by atoms with E-state index >= 15 is 0 Å². The topological polar surface area (TPSA) is 46.6 Å². The highest BCUT2D eigenvalue weighted by Crippen LogP contribution is 2.33. The Morgan fingerprint density at radius 1 is 0.773 bits per heavy atom. The molecule has 6 heteroatoms. The monoisotopic (exact) mass is 333 g/mol. The minimum atomic E-state index is -0.645. The number of benzene rings is 2. The zero-order chi connectivity index (χ0) is 15.7. The summed E-state index contributed by atoms with van der Waals surface area (Å²) in [4.78, 5) is 24.9. The van der Waals surface area contributed by atoms with Crippen LogP contribution in [-0.2, 0) is 9.59 Å². The number of carbonyl (C=O) groups excluding carboxylic acids is 2. The molecule has 2 aromatic rings. The van der Waals surface area contributed by atoms with Gasteiger partial charge in [0.15, 0.2) is 0 Å². The van der Waals surface area contributed by atoms with Gasteiger partial charge in [-0.05, 0) is 24.3 Å². The average Bonchev–Trinajstić information content (AvgIpc) is 2.72. The molecular formula is C16H9Cl2NO3. The Balaban J connectivity index is 1.90. The molecule has 0 aromatic heterocycles. The van der Waals surface area contributed by atoms with Crippen LogP contribution in [0.3, 0.4) is 0 Å². The van der Waals surface area contributed by atoms with Gasteiger partial charge in [-0.1, -0.05) is 47.5 Å². The Kier molecular flexibility index (Phi) is 3.88. The van der Waals surface area contributed by atoms with E-state index in [0.717, 1.165) is 4.90 Å². The SMILES string of the molecule is O=C1C(Cl)=C(Cl)C(=O)N1c1cccc(Oc2ccccc2)c1. The van der Waals surface area contributed by atoms with Crippen LogP contribution in [0.25, 0.3) is 0 Å². The number of hydrogen-bond acceptors (Lipinski definition) is 3.